The van der Waals surface area contributed by atoms with E-state index in [1.165, 1.54) is 0 Å². The van der Waals surface area contributed by atoms with Crippen molar-refractivity contribution >= 4 is 11.6 Å². The molecule has 17 heavy (non-hydrogen) atoms. The molecule has 0 heterocycles. The Hall–Kier alpha value is -0.990. The van der Waals surface area contributed by atoms with Crippen LogP contribution in [0, 0.1) is 0 Å². The molecule has 0 amide bonds. The quantitative estimate of drug-likeness (QED) is 0.888. The van der Waals surface area contributed by atoms with Crippen molar-refractivity contribution in [2.75, 3.05) is 14.2 Å². The smallest absolute Gasteiger partial charge is 0.116 e. The normalized spacial score (nSPS) is 24.3. The molecule has 0 aromatic heterocycles. The molecule has 0 fully saturated rings. The number of ether oxygens (including phenoxy) is 1. The zero-order valence-corrected chi connectivity index (χ0v) is 11.1. The standard InChI is InChI=1S/C14H18ClNO/c1-16-14(10-6-5-9-13(14)17-2)11-7-3-4-8-12(11)15/h3-4,7-9,16H,5-6,10H2,1-2H3/t14-/m0/s1. The number of nitrogens with one attached hydrogen (secondary N) is 1. The van der Waals surface area contributed by atoms with Crippen molar-refractivity contribution in [2.24, 2.45) is 0 Å². The second kappa shape index (κ2) is 5.11. The molecule has 0 saturated heterocycles. The lowest BCUT2D eigenvalue weighted by molar-refractivity contribution is 0.179. The lowest BCUT2D eigenvalue weighted by Gasteiger charge is -2.38. The van der Waals surface area contributed by atoms with Gasteiger partial charge in [-0.3, -0.25) is 0 Å². The summed E-state index contributed by atoms with van der Waals surface area (Å²) in [5.41, 5.74) is 0.822. The van der Waals surface area contributed by atoms with Crippen LogP contribution in [0.3, 0.4) is 0 Å². The number of benzene rings is 1. The molecule has 0 bridgehead atoms. The molecule has 1 aromatic carbocycles. The van der Waals surface area contributed by atoms with Gasteiger partial charge in [0.15, 0.2) is 0 Å². The molecule has 92 valence electrons. The van der Waals surface area contributed by atoms with Crippen LogP contribution < -0.4 is 5.32 Å². The lowest BCUT2D eigenvalue weighted by atomic mass is 9.79. The third-order valence-electron chi connectivity index (χ3n) is 3.49. The van der Waals surface area contributed by atoms with Crippen LogP contribution >= 0.6 is 11.6 Å². The first kappa shape index (κ1) is 12.5. The Bertz CT molecular complexity index is 430. The lowest BCUT2D eigenvalue weighted by Crippen LogP contribution is -2.44. The molecule has 1 aliphatic carbocycles. The summed E-state index contributed by atoms with van der Waals surface area (Å²) in [5, 5.41) is 4.18. The summed E-state index contributed by atoms with van der Waals surface area (Å²) in [7, 11) is 3.68. The summed E-state index contributed by atoms with van der Waals surface area (Å²) in [5.74, 6) is 0.972. The molecule has 2 nitrogen and oxygen atoms in total. The van der Waals surface area contributed by atoms with Gasteiger partial charge in [0.05, 0.1) is 7.11 Å². The molecule has 1 aliphatic rings. The van der Waals surface area contributed by atoms with E-state index in [2.05, 4.69) is 17.5 Å². The number of methoxy groups -OCH3 is 1. The molecule has 0 radical (unpaired) electrons. The average Bonchev–Trinajstić information content (AvgIpc) is 2.39. The molecule has 0 unspecified atom stereocenters. The summed E-state index contributed by atoms with van der Waals surface area (Å²) in [4.78, 5) is 0. The number of hydrogen-bond donors (Lipinski definition) is 1. The van der Waals surface area contributed by atoms with Crippen LogP contribution in [0.4, 0.5) is 0 Å². The molecule has 0 saturated carbocycles. The SMILES string of the molecule is CN[C@]1(c2ccccc2Cl)CCCC=C1OC. The molecule has 1 N–H and O–H groups in total. The van der Waals surface area contributed by atoms with Crippen LogP contribution in [-0.2, 0) is 10.3 Å². The Morgan fingerprint density at radius 1 is 1.35 bits per heavy atom. The number of halogens is 1. The fourth-order valence-corrected chi connectivity index (χ4v) is 2.91. The molecule has 3 heteroatoms. The highest BCUT2D eigenvalue weighted by atomic mass is 35.5. The first-order valence-electron chi connectivity index (χ1n) is 5.93. The number of likely N-dealkylation sites (N-methyl/N-ethyl adjacent to an activating group) is 1. The Balaban J connectivity index is 2.54. The second-order valence-corrected chi connectivity index (χ2v) is 4.71. The van der Waals surface area contributed by atoms with E-state index in [1.807, 2.05) is 25.2 Å². The summed E-state index contributed by atoms with van der Waals surface area (Å²) < 4.78 is 5.55. The maximum absolute atomic E-state index is 6.33. The van der Waals surface area contributed by atoms with Crippen molar-refractivity contribution in [2.45, 2.75) is 24.8 Å². The second-order valence-electron chi connectivity index (χ2n) is 4.30. The Labute approximate surface area is 108 Å². The monoisotopic (exact) mass is 251 g/mol. The van der Waals surface area contributed by atoms with E-state index < -0.39 is 0 Å². The molecule has 0 spiro atoms. The Morgan fingerprint density at radius 3 is 2.76 bits per heavy atom. The minimum Gasteiger partial charge on any atom is -0.499 e. The molecular formula is C14H18ClNO. The highest BCUT2D eigenvalue weighted by Crippen LogP contribution is 2.41. The summed E-state index contributed by atoms with van der Waals surface area (Å²) in [6.45, 7) is 0. The van der Waals surface area contributed by atoms with E-state index >= 15 is 0 Å². The van der Waals surface area contributed by atoms with E-state index in [4.69, 9.17) is 16.3 Å². The summed E-state index contributed by atoms with van der Waals surface area (Å²) >= 11 is 6.33. The van der Waals surface area contributed by atoms with E-state index in [9.17, 15) is 0 Å². The fraction of sp³-hybridized carbons (Fsp3) is 0.429. The van der Waals surface area contributed by atoms with E-state index in [1.54, 1.807) is 7.11 Å². The summed E-state index contributed by atoms with van der Waals surface area (Å²) in [6.07, 6.45) is 5.37. The van der Waals surface area contributed by atoms with Crippen LogP contribution in [0.25, 0.3) is 0 Å². The fourth-order valence-electron chi connectivity index (χ4n) is 2.61. The maximum atomic E-state index is 6.33. The first-order valence-corrected chi connectivity index (χ1v) is 6.31. The van der Waals surface area contributed by atoms with Gasteiger partial charge in [0.25, 0.3) is 0 Å². The van der Waals surface area contributed by atoms with Gasteiger partial charge in [0.1, 0.15) is 11.3 Å². The molecule has 2 rings (SSSR count). The van der Waals surface area contributed by atoms with Gasteiger partial charge in [-0.25, -0.2) is 0 Å². The first-order chi connectivity index (χ1) is 8.24. The highest BCUT2D eigenvalue weighted by molar-refractivity contribution is 6.31. The number of allylic oxidation sites excluding steroid dienone is 1. The van der Waals surface area contributed by atoms with E-state index in [0.717, 1.165) is 35.6 Å². The third-order valence-corrected chi connectivity index (χ3v) is 3.82. The van der Waals surface area contributed by atoms with Gasteiger partial charge >= 0.3 is 0 Å². The van der Waals surface area contributed by atoms with E-state index in [0.29, 0.717) is 0 Å². The predicted octanol–water partition coefficient (Wildman–Crippen LogP) is 3.47. The Kier molecular flexibility index (Phi) is 3.75. The van der Waals surface area contributed by atoms with Crippen molar-refractivity contribution in [3.8, 4) is 0 Å². The van der Waals surface area contributed by atoms with Gasteiger partial charge in [0.2, 0.25) is 0 Å². The minimum atomic E-state index is -0.272. The van der Waals surface area contributed by atoms with Gasteiger partial charge in [-0.15, -0.1) is 0 Å². The van der Waals surface area contributed by atoms with Gasteiger partial charge < -0.3 is 10.1 Å². The predicted molar refractivity (Wildman–Crippen MR) is 71.1 cm³/mol. The zero-order valence-electron chi connectivity index (χ0n) is 10.3. The van der Waals surface area contributed by atoms with Crippen molar-refractivity contribution in [1.82, 2.24) is 5.32 Å². The average molecular weight is 252 g/mol. The zero-order chi connectivity index (χ0) is 12.3. The van der Waals surface area contributed by atoms with Crippen molar-refractivity contribution < 1.29 is 4.74 Å². The van der Waals surface area contributed by atoms with Crippen LogP contribution in [0.15, 0.2) is 36.1 Å². The van der Waals surface area contributed by atoms with Crippen molar-refractivity contribution in [1.29, 1.82) is 0 Å². The summed E-state index contributed by atoms with van der Waals surface area (Å²) in [6, 6.07) is 7.96. The third kappa shape index (κ3) is 2.07. The number of hydrogen-bond acceptors (Lipinski definition) is 2. The Morgan fingerprint density at radius 2 is 2.12 bits per heavy atom. The molecular weight excluding hydrogens is 234 g/mol. The van der Waals surface area contributed by atoms with Gasteiger partial charge in [-0.2, -0.15) is 0 Å². The van der Waals surface area contributed by atoms with Crippen molar-refractivity contribution in [3.63, 3.8) is 0 Å². The van der Waals surface area contributed by atoms with E-state index in [-0.39, 0.29) is 5.54 Å². The van der Waals surface area contributed by atoms with Crippen LogP contribution in [-0.4, -0.2) is 14.2 Å². The highest BCUT2D eigenvalue weighted by Gasteiger charge is 2.38. The topological polar surface area (TPSA) is 21.3 Å². The van der Waals surface area contributed by atoms with Crippen molar-refractivity contribution in [3.05, 3.63) is 46.7 Å². The molecule has 1 aromatic rings. The minimum absolute atomic E-state index is 0.272. The van der Waals surface area contributed by atoms with Crippen LogP contribution in [0.2, 0.25) is 5.02 Å². The van der Waals surface area contributed by atoms with Crippen LogP contribution in [0.5, 0.6) is 0 Å². The van der Waals surface area contributed by atoms with Gasteiger partial charge in [0, 0.05) is 5.02 Å². The maximum Gasteiger partial charge on any atom is 0.116 e. The van der Waals surface area contributed by atoms with Gasteiger partial charge in [-0.05, 0) is 44.0 Å². The largest absolute Gasteiger partial charge is 0.499 e. The number of rotatable bonds is 3. The van der Waals surface area contributed by atoms with Crippen LogP contribution in [0.1, 0.15) is 24.8 Å². The molecule has 1 atom stereocenters. The van der Waals surface area contributed by atoms with Gasteiger partial charge in [-0.1, -0.05) is 29.8 Å². The molecule has 0 aliphatic heterocycles.